The van der Waals surface area contributed by atoms with Crippen molar-refractivity contribution in [1.82, 2.24) is 0 Å². The van der Waals surface area contributed by atoms with Crippen LogP contribution in [0.15, 0.2) is 273 Å². The molecule has 0 spiro atoms. The van der Waals surface area contributed by atoms with Gasteiger partial charge in [0.15, 0.2) is 0 Å². The van der Waals surface area contributed by atoms with Gasteiger partial charge in [0, 0.05) is 31.4 Å². The van der Waals surface area contributed by atoms with Crippen molar-refractivity contribution in [1.29, 1.82) is 0 Å². The number of para-hydroxylation sites is 1. The normalized spacial score (nSPS) is 12.5. The molecule has 1 nitrogen and oxygen atoms in total. The third-order valence-electron chi connectivity index (χ3n) is 14.2. The molecule has 12 aromatic rings. The van der Waals surface area contributed by atoms with Gasteiger partial charge in [-0.2, -0.15) is 0 Å². The standard InChI is InChI=1S/C67H45NS/c1-4-20-46(21-5-1)48-38-40-49(41-39-48)54-31-19-36-63(66(54)51-42-43-58-57-30-12-17-37-64(57)69-65(58)45-51)68(53-27-18-24-50(44-53)47-22-6-2-7-23-47)62-35-16-15-34-61(62)67(52-25-8-3-9-26-52)59-32-13-10-28-55(59)56-29-11-14-33-60(56)67/h1-45H. The van der Waals surface area contributed by atoms with Crippen LogP contribution in [0, 0.1) is 0 Å². The highest BCUT2D eigenvalue weighted by molar-refractivity contribution is 7.25. The molecule has 0 unspecified atom stereocenters. The molecular weight excluding hydrogens is 851 g/mol. The van der Waals surface area contributed by atoms with Gasteiger partial charge in [0.25, 0.3) is 0 Å². The topological polar surface area (TPSA) is 3.24 Å². The number of hydrogen-bond donors (Lipinski definition) is 0. The third-order valence-corrected chi connectivity index (χ3v) is 15.3. The highest BCUT2D eigenvalue weighted by Gasteiger charge is 2.47. The lowest BCUT2D eigenvalue weighted by atomic mass is 9.67. The molecule has 1 aliphatic carbocycles. The molecule has 1 aliphatic rings. The first-order chi connectivity index (χ1) is 34.2. The van der Waals surface area contributed by atoms with E-state index in [4.69, 9.17) is 0 Å². The van der Waals surface area contributed by atoms with Gasteiger partial charge in [-0.15, -0.1) is 11.3 Å². The average Bonchev–Trinajstić information content (AvgIpc) is 3.95. The minimum Gasteiger partial charge on any atom is -0.309 e. The van der Waals surface area contributed by atoms with Crippen LogP contribution >= 0.6 is 11.3 Å². The van der Waals surface area contributed by atoms with Gasteiger partial charge in [-0.05, 0) is 109 Å². The smallest absolute Gasteiger partial charge is 0.0733 e. The molecule has 0 bridgehead atoms. The summed E-state index contributed by atoms with van der Waals surface area (Å²) in [5, 5.41) is 2.58. The molecule has 0 saturated carbocycles. The van der Waals surface area contributed by atoms with Crippen molar-refractivity contribution >= 4 is 48.6 Å². The molecule has 0 atom stereocenters. The molecular formula is C67H45NS. The summed E-state index contributed by atoms with van der Waals surface area (Å²) in [6, 6.07) is 101. The Balaban J connectivity index is 1.13. The Bertz CT molecular complexity index is 3790. The molecule has 11 aromatic carbocycles. The van der Waals surface area contributed by atoms with Gasteiger partial charge < -0.3 is 4.90 Å². The summed E-state index contributed by atoms with van der Waals surface area (Å²) >= 11 is 1.87. The Kier molecular flexibility index (Phi) is 10.00. The van der Waals surface area contributed by atoms with Crippen LogP contribution in [-0.4, -0.2) is 0 Å². The van der Waals surface area contributed by atoms with Gasteiger partial charge in [0.2, 0.25) is 0 Å². The lowest BCUT2D eigenvalue weighted by Crippen LogP contribution is -2.30. The Morgan fingerprint density at radius 3 is 1.51 bits per heavy atom. The summed E-state index contributed by atoms with van der Waals surface area (Å²) in [6.07, 6.45) is 0. The first-order valence-corrected chi connectivity index (χ1v) is 24.6. The van der Waals surface area contributed by atoms with Gasteiger partial charge in [-0.1, -0.05) is 237 Å². The summed E-state index contributed by atoms with van der Waals surface area (Å²) in [7, 11) is 0. The van der Waals surface area contributed by atoms with Gasteiger partial charge in [-0.25, -0.2) is 0 Å². The lowest BCUT2D eigenvalue weighted by molar-refractivity contribution is 0.768. The number of nitrogens with zero attached hydrogens (tertiary/aromatic N) is 1. The summed E-state index contributed by atoms with van der Waals surface area (Å²) in [5.74, 6) is 0. The Labute approximate surface area is 407 Å². The van der Waals surface area contributed by atoms with Crippen LogP contribution in [0.2, 0.25) is 0 Å². The van der Waals surface area contributed by atoms with E-state index < -0.39 is 5.41 Å². The van der Waals surface area contributed by atoms with Crippen molar-refractivity contribution < 1.29 is 0 Å². The fraction of sp³-hybridized carbons (Fsp3) is 0.0149. The van der Waals surface area contributed by atoms with Crippen molar-refractivity contribution in [3.05, 3.63) is 295 Å². The van der Waals surface area contributed by atoms with Crippen LogP contribution < -0.4 is 4.90 Å². The maximum Gasteiger partial charge on any atom is 0.0733 e. The quantitative estimate of drug-likeness (QED) is 0.140. The fourth-order valence-electron chi connectivity index (χ4n) is 11.2. The van der Waals surface area contributed by atoms with Gasteiger partial charge >= 0.3 is 0 Å². The number of anilines is 3. The first kappa shape index (κ1) is 40.7. The van der Waals surface area contributed by atoms with E-state index in [9.17, 15) is 0 Å². The summed E-state index contributed by atoms with van der Waals surface area (Å²) in [6.45, 7) is 0. The number of fused-ring (bicyclic) bond motifs is 6. The zero-order valence-corrected chi connectivity index (χ0v) is 38.7. The number of hydrogen-bond acceptors (Lipinski definition) is 2. The van der Waals surface area contributed by atoms with Gasteiger partial charge in [-0.3, -0.25) is 0 Å². The minimum absolute atomic E-state index is 0.638. The van der Waals surface area contributed by atoms with Gasteiger partial charge in [0.05, 0.1) is 16.8 Å². The molecule has 69 heavy (non-hydrogen) atoms. The number of rotatable bonds is 9. The van der Waals surface area contributed by atoms with Crippen LogP contribution in [0.3, 0.4) is 0 Å². The van der Waals surface area contributed by atoms with Crippen LogP contribution in [0.25, 0.3) is 75.8 Å². The number of thiophene rings is 1. The van der Waals surface area contributed by atoms with Crippen LogP contribution in [-0.2, 0) is 5.41 Å². The van der Waals surface area contributed by atoms with E-state index >= 15 is 0 Å². The molecule has 1 aromatic heterocycles. The monoisotopic (exact) mass is 895 g/mol. The molecule has 0 aliphatic heterocycles. The molecule has 0 radical (unpaired) electrons. The molecule has 0 N–H and O–H groups in total. The second-order valence-electron chi connectivity index (χ2n) is 17.9. The molecule has 2 heteroatoms. The second kappa shape index (κ2) is 16.9. The summed E-state index contributed by atoms with van der Waals surface area (Å²) in [5.41, 5.74) is 19.6. The van der Waals surface area contributed by atoms with Crippen molar-refractivity contribution in [3.8, 4) is 55.6 Å². The van der Waals surface area contributed by atoms with E-state index in [1.807, 2.05) is 11.3 Å². The molecule has 0 fully saturated rings. The highest BCUT2D eigenvalue weighted by atomic mass is 32.1. The number of benzene rings is 11. The van der Waals surface area contributed by atoms with E-state index in [1.54, 1.807) is 0 Å². The van der Waals surface area contributed by atoms with Gasteiger partial charge in [0.1, 0.15) is 0 Å². The van der Waals surface area contributed by atoms with E-state index in [-0.39, 0.29) is 0 Å². The van der Waals surface area contributed by atoms with E-state index in [0.29, 0.717) is 0 Å². The Hall–Kier alpha value is -8.56. The Morgan fingerprint density at radius 2 is 0.783 bits per heavy atom. The molecule has 1 heterocycles. The third kappa shape index (κ3) is 6.75. The fourth-order valence-corrected chi connectivity index (χ4v) is 12.3. The maximum absolute atomic E-state index is 2.56. The molecule has 324 valence electrons. The van der Waals surface area contributed by atoms with Crippen LogP contribution in [0.1, 0.15) is 22.3 Å². The maximum atomic E-state index is 2.56. The zero-order valence-electron chi connectivity index (χ0n) is 37.8. The predicted molar refractivity (Wildman–Crippen MR) is 293 cm³/mol. The molecule has 13 rings (SSSR count). The largest absolute Gasteiger partial charge is 0.309 e. The van der Waals surface area contributed by atoms with Crippen molar-refractivity contribution in [2.75, 3.05) is 4.90 Å². The summed E-state index contributed by atoms with van der Waals surface area (Å²) in [4.78, 5) is 2.56. The summed E-state index contributed by atoms with van der Waals surface area (Å²) < 4.78 is 2.57. The zero-order chi connectivity index (χ0) is 45.7. The van der Waals surface area contributed by atoms with Crippen molar-refractivity contribution in [2.45, 2.75) is 5.41 Å². The lowest BCUT2D eigenvalue weighted by Gasteiger charge is -2.39. The predicted octanol–water partition coefficient (Wildman–Crippen LogP) is 18.6. The van der Waals surface area contributed by atoms with E-state index in [0.717, 1.165) is 28.2 Å². The second-order valence-corrected chi connectivity index (χ2v) is 19.0. The van der Waals surface area contributed by atoms with E-state index in [1.165, 1.54) is 86.9 Å². The van der Waals surface area contributed by atoms with Crippen LogP contribution in [0.4, 0.5) is 17.1 Å². The van der Waals surface area contributed by atoms with E-state index in [2.05, 4.69) is 278 Å². The first-order valence-electron chi connectivity index (χ1n) is 23.7. The molecule has 0 saturated heterocycles. The SMILES string of the molecule is c1ccc(-c2ccc(-c3cccc(N(c4cccc(-c5ccccc5)c4)c4ccccc4C4(c5ccccc5)c5ccccc5-c5ccccc54)c3-c3ccc4c(c3)sc3ccccc34)cc2)cc1. The highest BCUT2D eigenvalue weighted by Crippen LogP contribution is 2.59. The minimum atomic E-state index is -0.638. The molecule has 0 amide bonds. The van der Waals surface area contributed by atoms with Crippen molar-refractivity contribution in [2.24, 2.45) is 0 Å². The van der Waals surface area contributed by atoms with Crippen molar-refractivity contribution in [3.63, 3.8) is 0 Å². The average molecular weight is 896 g/mol. The Morgan fingerprint density at radius 1 is 0.290 bits per heavy atom. The van der Waals surface area contributed by atoms with Crippen LogP contribution in [0.5, 0.6) is 0 Å².